The van der Waals surface area contributed by atoms with Gasteiger partial charge in [0.1, 0.15) is 6.54 Å². The van der Waals surface area contributed by atoms with Crippen molar-refractivity contribution in [1.82, 2.24) is 4.90 Å². The van der Waals surface area contributed by atoms with Crippen molar-refractivity contribution < 1.29 is 9.69 Å². The number of quaternary nitrogens is 1. The SMILES string of the molecule is Cc1ccccc1C[NH+]1CCN(C(=O)Nc2ccccc2Cl)CC1. The highest BCUT2D eigenvalue weighted by molar-refractivity contribution is 6.33. The first-order valence-corrected chi connectivity index (χ1v) is 8.70. The number of amides is 2. The summed E-state index contributed by atoms with van der Waals surface area (Å²) in [5, 5.41) is 3.46. The molecule has 5 heteroatoms. The molecule has 0 spiro atoms. The van der Waals surface area contributed by atoms with E-state index in [1.165, 1.54) is 16.0 Å². The van der Waals surface area contributed by atoms with Crippen LogP contribution >= 0.6 is 11.6 Å². The summed E-state index contributed by atoms with van der Waals surface area (Å²) in [6.45, 7) is 6.62. The smallest absolute Gasteiger partial charge is 0.322 e. The minimum atomic E-state index is -0.0713. The van der Waals surface area contributed by atoms with Gasteiger partial charge < -0.3 is 15.1 Å². The quantitative estimate of drug-likeness (QED) is 0.882. The van der Waals surface area contributed by atoms with Crippen LogP contribution in [0.1, 0.15) is 11.1 Å². The van der Waals surface area contributed by atoms with Crippen LogP contribution in [0.2, 0.25) is 5.02 Å². The van der Waals surface area contributed by atoms with E-state index in [-0.39, 0.29) is 6.03 Å². The maximum atomic E-state index is 12.4. The van der Waals surface area contributed by atoms with Crippen molar-refractivity contribution in [2.24, 2.45) is 0 Å². The molecule has 24 heavy (non-hydrogen) atoms. The van der Waals surface area contributed by atoms with Gasteiger partial charge in [-0.2, -0.15) is 0 Å². The van der Waals surface area contributed by atoms with Gasteiger partial charge in [0.2, 0.25) is 0 Å². The van der Waals surface area contributed by atoms with E-state index >= 15 is 0 Å². The lowest BCUT2D eigenvalue weighted by atomic mass is 10.1. The Morgan fingerprint density at radius 1 is 1.12 bits per heavy atom. The fraction of sp³-hybridized carbons (Fsp3) is 0.316. The Hall–Kier alpha value is -2.04. The monoisotopic (exact) mass is 344 g/mol. The molecule has 0 saturated carbocycles. The summed E-state index contributed by atoms with van der Waals surface area (Å²) in [6, 6.07) is 15.8. The summed E-state index contributed by atoms with van der Waals surface area (Å²) in [4.78, 5) is 15.8. The van der Waals surface area contributed by atoms with Crippen molar-refractivity contribution in [3.63, 3.8) is 0 Å². The van der Waals surface area contributed by atoms with Crippen LogP contribution in [0.5, 0.6) is 0 Å². The van der Waals surface area contributed by atoms with Crippen molar-refractivity contribution in [1.29, 1.82) is 0 Å². The number of rotatable bonds is 3. The summed E-state index contributed by atoms with van der Waals surface area (Å²) in [5.74, 6) is 0. The number of nitrogens with one attached hydrogen (secondary N) is 2. The molecule has 0 unspecified atom stereocenters. The zero-order valence-corrected chi connectivity index (χ0v) is 14.6. The number of hydrogen-bond acceptors (Lipinski definition) is 1. The van der Waals surface area contributed by atoms with Gasteiger partial charge in [-0.3, -0.25) is 0 Å². The first kappa shape index (κ1) is 16.8. The Kier molecular flexibility index (Phi) is 5.38. The van der Waals surface area contributed by atoms with Crippen molar-refractivity contribution in [3.8, 4) is 0 Å². The molecule has 0 aliphatic carbocycles. The van der Waals surface area contributed by atoms with Crippen molar-refractivity contribution in [3.05, 3.63) is 64.7 Å². The molecule has 1 heterocycles. The van der Waals surface area contributed by atoms with E-state index in [1.807, 2.05) is 23.1 Å². The number of halogens is 1. The molecule has 1 saturated heterocycles. The number of hydrogen-bond donors (Lipinski definition) is 2. The zero-order chi connectivity index (χ0) is 16.9. The van der Waals surface area contributed by atoms with Crippen molar-refractivity contribution in [2.45, 2.75) is 13.5 Å². The highest BCUT2D eigenvalue weighted by atomic mass is 35.5. The minimum absolute atomic E-state index is 0.0713. The van der Waals surface area contributed by atoms with Crippen LogP contribution in [0.15, 0.2) is 48.5 Å². The summed E-state index contributed by atoms with van der Waals surface area (Å²) in [6.07, 6.45) is 0. The Labute approximate surface area is 148 Å². The van der Waals surface area contributed by atoms with Gasteiger partial charge in [-0.15, -0.1) is 0 Å². The number of carbonyl (C=O) groups excluding carboxylic acids is 1. The number of benzene rings is 2. The van der Waals surface area contributed by atoms with Crippen LogP contribution in [0.4, 0.5) is 10.5 Å². The lowest BCUT2D eigenvalue weighted by Crippen LogP contribution is -3.13. The fourth-order valence-corrected chi connectivity index (χ4v) is 3.22. The molecule has 2 N–H and O–H groups in total. The second-order valence-electron chi connectivity index (χ2n) is 6.25. The lowest BCUT2D eigenvalue weighted by molar-refractivity contribution is -0.917. The number of aryl methyl sites for hydroxylation is 1. The van der Waals surface area contributed by atoms with Crippen LogP contribution < -0.4 is 10.2 Å². The molecule has 126 valence electrons. The highest BCUT2D eigenvalue weighted by Gasteiger charge is 2.24. The van der Waals surface area contributed by atoms with Gasteiger partial charge in [0.25, 0.3) is 0 Å². The Morgan fingerprint density at radius 2 is 1.79 bits per heavy atom. The molecule has 0 radical (unpaired) electrons. The van der Waals surface area contributed by atoms with Gasteiger partial charge >= 0.3 is 6.03 Å². The van der Waals surface area contributed by atoms with E-state index in [2.05, 4.69) is 36.5 Å². The third kappa shape index (κ3) is 4.08. The summed E-state index contributed by atoms with van der Waals surface area (Å²) in [7, 11) is 0. The molecule has 2 aromatic rings. The number of urea groups is 1. The van der Waals surface area contributed by atoms with Crippen LogP contribution in [-0.2, 0) is 6.54 Å². The third-order valence-electron chi connectivity index (χ3n) is 4.57. The topological polar surface area (TPSA) is 36.8 Å². The van der Waals surface area contributed by atoms with Crippen LogP contribution in [0, 0.1) is 6.92 Å². The van der Waals surface area contributed by atoms with Gasteiger partial charge in [-0.05, 0) is 24.6 Å². The van der Waals surface area contributed by atoms with Gasteiger partial charge in [-0.25, -0.2) is 4.79 Å². The molecule has 2 aromatic carbocycles. The maximum absolute atomic E-state index is 12.4. The van der Waals surface area contributed by atoms with E-state index in [1.54, 1.807) is 6.07 Å². The first-order chi connectivity index (χ1) is 11.6. The van der Waals surface area contributed by atoms with E-state index in [9.17, 15) is 4.79 Å². The predicted octanol–water partition coefficient (Wildman–Crippen LogP) is 2.58. The number of anilines is 1. The average molecular weight is 345 g/mol. The van der Waals surface area contributed by atoms with Gasteiger partial charge in [-0.1, -0.05) is 48.0 Å². The predicted molar refractivity (Wildman–Crippen MR) is 97.6 cm³/mol. The molecule has 2 amide bonds. The number of para-hydroxylation sites is 1. The van der Waals surface area contributed by atoms with E-state index in [0.29, 0.717) is 10.7 Å². The van der Waals surface area contributed by atoms with Crippen molar-refractivity contribution >= 4 is 23.3 Å². The maximum Gasteiger partial charge on any atom is 0.322 e. The normalized spacial score (nSPS) is 15.3. The Bertz CT molecular complexity index is 711. The largest absolute Gasteiger partial charge is 0.328 e. The molecule has 1 aliphatic rings. The lowest BCUT2D eigenvalue weighted by Gasteiger charge is -2.32. The highest BCUT2D eigenvalue weighted by Crippen LogP contribution is 2.20. The van der Waals surface area contributed by atoms with Gasteiger partial charge in [0.05, 0.1) is 36.9 Å². The van der Waals surface area contributed by atoms with E-state index in [4.69, 9.17) is 11.6 Å². The van der Waals surface area contributed by atoms with E-state index < -0.39 is 0 Å². The molecule has 0 aromatic heterocycles. The summed E-state index contributed by atoms with van der Waals surface area (Å²) >= 11 is 6.10. The second-order valence-corrected chi connectivity index (χ2v) is 6.66. The van der Waals surface area contributed by atoms with Crippen LogP contribution in [0.25, 0.3) is 0 Å². The molecule has 4 nitrogen and oxygen atoms in total. The van der Waals surface area contributed by atoms with E-state index in [0.717, 1.165) is 32.7 Å². The molecular formula is C19H23ClN3O+. The standard InChI is InChI=1S/C19H22ClN3O/c1-15-6-2-3-7-16(15)14-22-10-12-23(13-11-22)19(24)21-18-9-5-4-8-17(18)20/h2-9H,10-14H2,1H3,(H,21,24)/p+1. The Balaban J connectivity index is 1.52. The number of piperazine rings is 1. The second kappa shape index (κ2) is 7.69. The zero-order valence-electron chi connectivity index (χ0n) is 13.9. The van der Waals surface area contributed by atoms with Crippen LogP contribution in [-0.4, -0.2) is 37.1 Å². The number of nitrogens with zero attached hydrogens (tertiary/aromatic N) is 1. The molecule has 3 rings (SSSR count). The summed E-state index contributed by atoms with van der Waals surface area (Å²) < 4.78 is 0. The molecule has 1 fully saturated rings. The molecule has 0 bridgehead atoms. The van der Waals surface area contributed by atoms with Crippen LogP contribution in [0.3, 0.4) is 0 Å². The van der Waals surface area contributed by atoms with Gasteiger partial charge in [0.15, 0.2) is 0 Å². The Morgan fingerprint density at radius 3 is 2.50 bits per heavy atom. The molecular weight excluding hydrogens is 322 g/mol. The average Bonchev–Trinajstić information content (AvgIpc) is 2.59. The fourth-order valence-electron chi connectivity index (χ4n) is 3.04. The minimum Gasteiger partial charge on any atom is -0.328 e. The third-order valence-corrected chi connectivity index (χ3v) is 4.90. The van der Waals surface area contributed by atoms with Gasteiger partial charge in [0, 0.05) is 5.56 Å². The molecule has 0 atom stereocenters. The molecule has 1 aliphatic heterocycles. The van der Waals surface area contributed by atoms with Crippen molar-refractivity contribution in [2.75, 3.05) is 31.5 Å². The first-order valence-electron chi connectivity index (χ1n) is 8.32. The number of carbonyl (C=O) groups is 1. The summed E-state index contributed by atoms with van der Waals surface area (Å²) in [5.41, 5.74) is 3.39.